The summed E-state index contributed by atoms with van der Waals surface area (Å²) in [5, 5.41) is 3.77. The van der Waals surface area contributed by atoms with E-state index in [2.05, 4.69) is 30.1 Å². The number of aliphatic imine (C=N–C) groups is 1. The summed E-state index contributed by atoms with van der Waals surface area (Å²) in [5.41, 5.74) is 0.518. The fourth-order valence-corrected chi connectivity index (χ4v) is 3.30. The number of aromatic nitrogens is 2. The van der Waals surface area contributed by atoms with Gasteiger partial charge in [-0.15, -0.1) is 0 Å². The molecule has 0 bridgehead atoms. The van der Waals surface area contributed by atoms with Crippen LogP contribution in [0.3, 0.4) is 0 Å². The minimum atomic E-state index is -0.279. The van der Waals surface area contributed by atoms with Crippen molar-refractivity contribution in [3.8, 4) is 0 Å². The van der Waals surface area contributed by atoms with E-state index in [4.69, 9.17) is 11.6 Å². The van der Waals surface area contributed by atoms with Crippen LogP contribution in [0.25, 0.3) is 0 Å². The number of nitrogens with zero attached hydrogens (tertiary/aromatic N) is 5. The van der Waals surface area contributed by atoms with E-state index in [0.717, 1.165) is 44.6 Å². The number of halogens is 2. The largest absolute Gasteiger partial charge is 0.357 e. The first-order chi connectivity index (χ1) is 13.2. The van der Waals surface area contributed by atoms with Gasteiger partial charge in [0.2, 0.25) is 5.95 Å². The van der Waals surface area contributed by atoms with Gasteiger partial charge in [-0.05, 0) is 31.5 Å². The van der Waals surface area contributed by atoms with Gasteiger partial charge in [0.15, 0.2) is 5.96 Å². The molecule has 0 saturated carbocycles. The van der Waals surface area contributed by atoms with Crippen LogP contribution in [-0.4, -0.2) is 60.1 Å². The summed E-state index contributed by atoms with van der Waals surface area (Å²) in [6.07, 6.45) is 3.99. The molecule has 1 N–H and O–H groups in total. The number of guanidine groups is 1. The molecular weight excluding hydrogens is 367 g/mol. The van der Waals surface area contributed by atoms with E-state index in [-0.39, 0.29) is 5.82 Å². The molecule has 0 spiro atoms. The Hall–Kier alpha value is -2.41. The Morgan fingerprint density at radius 2 is 1.93 bits per heavy atom. The Morgan fingerprint density at radius 3 is 2.59 bits per heavy atom. The Morgan fingerprint density at radius 1 is 1.19 bits per heavy atom. The minimum absolute atomic E-state index is 0.279. The smallest absolute Gasteiger partial charge is 0.225 e. The Balaban J connectivity index is 1.59. The zero-order chi connectivity index (χ0) is 19.1. The van der Waals surface area contributed by atoms with E-state index in [9.17, 15) is 4.39 Å². The van der Waals surface area contributed by atoms with E-state index in [1.54, 1.807) is 24.5 Å². The molecule has 8 heteroatoms. The maximum Gasteiger partial charge on any atom is 0.225 e. The van der Waals surface area contributed by atoms with Crippen molar-refractivity contribution in [2.24, 2.45) is 4.99 Å². The molecule has 2 heterocycles. The third kappa shape index (κ3) is 5.07. The first-order valence-electron chi connectivity index (χ1n) is 9.17. The monoisotopic (exact) mass is 390 g/mol. The zero-order valence-corrected chi connectivity index (χ0v) is 16.2. The van der Waals surface area contributed by atoms with Crippen molar-refractivity contribution in [2.45, 2.75) is 13.3 Å². The van der Waals surface area contributed by atoms with Crippen molar-refractivity contribution in [1.29, 1.82) is 0 Å². The van der Waals surface area contributed by atoms with Gasteiger partial charge in [-0.1, -0.05) is 17.7 Å². The molecule has 1 fully saturated rings. The lowest BCUT2D eigenvalue weighted by Gasteiger charge is -2.36. The van der Waals surface area contributed by atoms with Crippen molar-refractivity contribution in [3.05, 3.63) is 53.1 Å². The molecule has 0 radical (unpaired) electrons. The highest BCUT2D eigenvalue weighted by molar-refractivity contribution is 6.31. The van der Waals surface area contributed by atoms with Crippen LogP contribution in [0.5, 0.6) is 0 Å². The molecule has 0 unspecified atom stereocenters. The molecule has 1 aromatic carbocycles. The standard InChI is InChI=1S/C19H24ClFN6/c1-2-22-18(25-10-7-15-16(20)5-3-6-17(15)21)26-11-13-27(14-12-26)19-23-8-4-9-24-19/h3-6,8-9H,2,7,10-14H2,1H3,(H,22,25). The predicted molar refractivity (Wildman–Crippen MR) is 107 cm³/mol. The van der Waals surface area contributed by atoms with Crippen LogP contribution in [0.4, 0.5) is 10.3 Å². The van der Waals surface area contributed by atoms with Crippen LogP contribution in [0.15, 0.2) is 41.7 Å². The topological polar surface area (TPSA) is 56.7 Å². The summed E-state index contributed by atoms with van der Waals surface area (Å²) in [5.74, 6) is 1.33. The van der Waals surface area contributed by atoms with Crippen LogP contribution in [-0.2, 0) is 6.42 Å². The molecule has 1 aliphatic rings. The van der Waals surface area contributed by atoms with E-state index in [1.165, 1.54) is 6.07 Å². The SMILES string of the molecule is CCNC(=NCCc1c(F)cccc1Cl)N1CCN(c2ncccn2)CC1. The highest BCUT2D eigenvalue weighted by Gasteiger charge is 2.21. The van der Waals surface area contributed by atoms with E-state index in [0.29, 0.717) is 23.6 Å². The normalized spacial score (nSPS) is 15.1. The second kappa shape index (κ2) is 9.50. The lowest BCUT2D eigenvalue weighted by molar-refractivity contribution is 0.370. The molecule has 1 saturated heterocycles. The second-order valence-corrected chi connectivity index (χ2v) is 6.62. The van der Waals surface area contributed by atoms with Gasteiger partial charge in [0.05, 0.1) is 0 Å². The summed E-state index contributed by atoms with van der Waals surface area (Å²) in [6.45, 7) is 6.60. The van der Waals surface area contributed by atoms with Crippen LogP contribution < -0.4 is 10.2 Å². The van der Waals surface area contributed by atoms with Crippen LogP contribution in [0, 0.1) is 5.82 Å². The van der Waals surface area contributed by atoms with Gasteiger partial charge in [0, 0.05) is 62.2 Å². The second-order valence-electron chi connectivity index (χ2n) is 6.21. The first kappa shape index (κ1) is 19.4. The van der Waals surface area contributed by atoms with E-state index >= 15 is 0 Å². The lowest BCUT2D eigenvalue weighted by Crippen LogP contribution is -2.53. The number of piperazine rings is 1. The van der Waals surface area contributed by atoms with E-state index in [1.807, 2.05) is 13.0 Å². The van der Waals surface area contributed by atoms with Gasteiger partial charge in [-0.3, -0.25) is 4.99 Å². The number of rotatable bonds is 5. The average Bonchev–Trinajstić information content (AvgIpc) is 2.70. The number of hydrogen-bond acceptors (Lipinski definition) is 4. The first-order valence-corrected chi connectivity index (χ1v) is 9.55. The van der Waals surface area contributed by atoms with E-state index < -0.39 is 0 Å². The van der Waals surface area contributed by atoms with Crippen molar-refractivity contribution in [3.63, 3.8) is 0 Å². The number of hydrogen-bond donors (Lipinski definition) is 1. The van der Waals surface area contributed by atoms with Crippen molar-refractivity contribution >= 4 is 23.5 Å². The average molecular weight is 391 g/mol. The molecule has 144 valence electrons. The summed E-state index contributed by atoms with van der Waals surface area (Å²) in [7, 11) is 0. The Bertz CT molecular complexity index is 742. The molecule has 1 aromatic heterocycles. The van der Waals surface area contributed by atoms with Crippen molar-refractivity contribution < 1.29 is 4.39 Å². The number of nitrogens with one attached hydrogen (secondary N) is 1. The fourth-order valence-electron chi connectivity index (χ4n) is 3.04. The molecule has 27 heavy (non-hydrogen) atoms. The van der Waals surface area contributed by atoms with Gasteiger partial charge in [-0.25, -0.2) is 14.4 Å². The van der Waals surface area contributed by atoms with Gasteiger partial charge in [0.25, 0.3) is 0 Å². The highest BCUT2D eigenvalue weighted by atomic mass is 35.5. The zero-order valence-electron chi connectivity index (χ0n) is 15.4. The highest BCUT2D eigenvalue weighted by Crippen LogP contribution is 2.19. The van der Waals surface area contributed by atoms with Gasteiger partial charge >= 0.3 is 0 Å². The van der Waals surface area contributed by atoms with Crippen LogP contribution in [0.2, 0.25) is 5.02 Å². The maximum atomic E-state index is 13.9. The fraction of sp³-hybridized carbons (Fsp3) is 0.421. The summed E-state index contributed by atoms with van der Waals surface area (Å²) in [4.78, 5) is 17.7. The molecule has 6 nitrogen and oxygen atoms in total. The molecular formula is C19H24ClFN6. The van der Waals surface area contributed by atoms with Crippen molar-refractivity contribution in [1.82, 2.24) is 20.2 Å². The predicted octanol–water partition coefficient (Wildman–Crippen LogP) is 2.60. The summed E-state index contributed by atoms with van der Waals surface area (Å²) >= 11 is 6.10. The molecule has 0 atom stereocenters. The Labute approximate surface area is 164 Å². The molecule has 0 amide bonds. The van der Waals surface area contributed by atoms with Gasteiger partial charge in [0.1, 0.15) is 5.82 Å². The number of anilines is 1. The van der Waals surface area contributed by atoms with Gasteiger partial charge < -0.3 is 15.1 Å². The van der Waals surface area contributed by atoms with Gasteiger partial charge in [-0.2, -0.15) is 0 Å². The molecule has 0 aliphatic carbocycles. The lowest BCUT2D eigenvalue weighted by atomic mass is 10.1. The summed E-state index contributed by atoms with van der Waals surface area (Å²) < 4.78 is 13.9. The Kier molecular flexibility index (Phi) is 6.81. The van der Waals surface area contributed by atoms with Crippen LogP contribution in [0.1, 0.15) is 12.5 Å². The maximum absolute atomic E-state index is 13.9. The number of benzene rings is 1. The summed E-state index contributed by atoms with van der Waals surface area (Å²) in [6, 6.07) is 6.57. The third-order valence-electron chi connectivity index (χ3n) is 4.43. The quantitative estimate of drug-likeness (QED) is 0.628. The third-order valence-corrected chi connectivity index (χ3v) is 4.79. The minimum Gasteiger partial charge on any atom is -0.357 e. The van der Waals surface area contributed by atoms with Crippen LogP contribution >= 0.6 is 11.6 Å². The van der Waals surface area contributed by atoms with Crippen molar-refractivity contribution in [2.75, 3.05) is 44.2 Å². The molecule has 2 aromatic rings. The molecule has 3 rings (SSSR count). The molecule has 1 aliphatic heterocycles.